The van der Waals surface area contributed by atoms with Gasteiger partial charge >= 0.3 is 0 Å². The Hall–Kier alpha value is -2.63. The Bertz CT molecular complexity index is 740. The van der Waals surface area contributed by atoms with Crippen LogP contribution in [0.1, 0.15) is 11.3 Å². The van der Waals surface area contributed by atoms with Gasteiger partial charge in [-0.15, -0.1) is 0 Å². The van der Waals surface area contributed by atoms with Crippen LogP contribution in [0, 0.1) is 6.92 Å². The molecule has 0 radical (unpaired) electrons. The number of aryl methyl sites for hydroxylation is 2. The molecule has 3 aromatic heterocycles. The highest BCUT2D eigenvalue weighted by Crippen LogP contribution is 2.25. The summed E-state index contributed by atoms with van der Waals surface area (Å²) in [5.74, 6) is 0. The van der Waals surface area contributed by atoms with E-state index in [1.807, 2.05) is 24.9 Å². The van der Waals surface area contributed by atoms with Crippen LogP contribution in [0.2, 0.25) is 0 Å². The fourth-order valence-corrected chi connectivity index (χ4v) is 2.28. The summed E-state index contributed by atoms with van der Waals surface area (Å²) >= 11 is 0. The minimum atomic E-state index is 0.699. The van der Waals surface area contributed by atoms with Gasteiger partial charge in [0.25, 0.3) is 0 Å². The predicted octanol–water partition coefficient (Wildman–Crippen LogP) is 1.62. The van der Waals surface area contributed by atoms with Gasteiger partial charge in [-0.05, 0) is 13.0 Å². The monoisotopic (exact) mass is 268 g/mol. The fraction of sp³-hybridized carbons (Fsp3) is 0.214. The van der Waals surface area contributed by atoms with Gasteiger partial charge in [0, 0.05) is 42.5 Å². The number of nitrogens with two attached hydrogens (primary N) is 1. The summed E-state index contributed by atoms with van der Waals surface area (Å²) in [7, 11) is 1.92. The topological polar surface area (TPSA) is 74.5 Å². The Morgan fingerprint density at radius 3 is 2.80 bits per heavy atom. The first-order valence-corrected chi connectivity index (χ1v) is 6.34. The number of nitrogen functional groups attached to an aromatic ring is 1. The maximum atomic E-state index is 6.01. The number of pyridine rings is 1. The normalized spacial score (nSPS) is 10.9. The first kappa shape index (κ1) is 12.4. The average molecular weight is 268 g/mol. The lowest BCUT2D eigenvalue weighted by atomic mass is 10.2. The number of rotatable bonds is 3. The molecule has 6 nitrogen and oxygen atoms in total. The third-order valence-corrected chi connectivity index (χ3v) is 3.30. The zero-order valence-corrected chi connectivity index (χ0v) is 11.5. The molecule has 2 N–H and O–H groups in total. The third-order valence-electron chi connectivity index (χ3n) is 3.30. The number of imidazole rings is 1. The van der Waals surface area contributed by atoms with Crippen molar-refractivity contribution in [2.24, 2.45) is 7.05 Å². The highest BCUT2D eigenvalue weighted by Gasteiger charge is 2.11. The van der Waals surface area contributed by atoms with Gasteiger partial charge in [-0.1, -0.05) is 0 Å². The first-order valence-electron chi connectivity index (χ1n) is 6.34. The van der Waals surface area contributed by atoms with Crippen LogP contribution in [0.25, 0.3) is 11.3 Å². The first-order chi connectivity index (χ1) is 9.65. The largest absolute Gasteiger partial charge is 0.398 e. The minimum Gasteiger partial charge on any atom is -0.398 e. The Labute approximate surface area is 116 Å². The molecule has 3 aromatic rings. The SMILES string of the molecule is Cc1nn(C)cc1Cn1cncc1-c1cnccc1N. The highest BCUT2D eigenvalue weighted by atomic mass is 15.3. The van der Waals surface area contributed by atoms with Crippen molar-refractivity contribution in [3.05, 3.63) is 48.4 Å². The van der Waals surface area contributed by atoms with E-state index in [1.165, 1.54) is 0 Å². The lowest BCUT2D eigenvalue weighted by molar-refractivity contribution is 0.755. The van der Waals surface area contributed by atoms with Gasteiger partial charge in [-0.25, -0.2) is 4.98 Å². The molecular formula is C14H16N6. The van der Waals surface area contributed by atoms with Crippen molar-refractivity contribution in [2.45, 2.75) is 13.5 Å². The molecule has 0 aliphatic heterocycles. The van der Waals surface area contributed by atoms with E-state index < -0.39 is 0 Å². The molecule has 0 aromatic carbocycles. The molecule has 0 saturated carbocycles. The van der Waals surface area contributed by atoms with Crippen molar-refractivity contribution in [3.8, 4) is 11.3 Å². The molecule has 0 bridgehead atoms. The fourth-order valence-electron chi connectivity index (χ4n) is 2.28. The second-order valence-corrected chi connectivity index (χ2v) is 4.78. The summed E-state index contributed by atoms with van der Waals surface area (Å²) in [6.45, 7) is 2.72. The van der Waals surface area contributed by atoms with Crippen LogP contribution in [-0.2, 0) is 13.6 Å². The van der Waals surface area contributed by atoms with Crippen molar-refractivity contribution >= 4 is 5.69 Å². The van der Waals surface area contributed by atoms with Crippen molar-refractivity contribution < 1.29 is 0 Å². The van der Waals surface area contributed by atoms with Crippen LogP contribution in [0.5, 0.6) is 0 Å². The summed E-state index contributed by atoms with van der Waals surface area (Å²) in [5, 5.41) is 4.36. The second-order valence-electron chi connectivity index (χ2n) is 4.78. The van der Waals surface area contributed by atoms with E-state index in [2.05, 4.69) is 19.6 Å². The quantitative estimate of drug-likeness (QED) is 0.783. The van der Waals surface area contributed by atoms with Gasteiger partial charge in [-0.2, -0.15) is 5.10 Å². The van der Waals surface area contributed by atoms with Crippen molar-refractivity contribution in [1.29, 1.82) is 0 Å². The van der Waals surface area contributed by atoms with E-state index in [0.29, 0.717) is 12.2 Å². The van der Waals surface area contributed by atoms with Gasteiger partial charge in [0.05, 0.1) is 30.5 Å². The average Bonchev–Trinajstić information content (AvgIpc) is 2.98. The maximum Gasteiger partial charge on any atom is 0.0954 e. The zero-order chi connectivity index (χ0) is 14.1. The summed E-state index contributed by atoms with van der Waals surface area (Å²) < 4.78 is 3.87. The molecule has 102 valence electrons. The molecule has 0 fully saturated rings. The number of nitrogens with zero attached hydrogens (tertiary/aromatic N) is 5. The molecule has 0 atom stereocenters. The van der Waals surface area contributed by atoms with E-state index in [0.717, 1.165) is 22.5 Å². The summed E-state index contributed by atoms with van der Waals surface area (Å²) in [5.41, 5.74) is 10.7. The third kappa shape index (κ3) is 2.16. The van der Waals surface area contributed by atoms with Crippen LogP contribution < -0.4 is 5.73 Å². The molecule has 0 aliphatic rings. The van der Waals surface area contributed by atoms with Crippen molar-refractivity contribution in [2.75, 3.05) is 5.73 Å². The zero-order valence-electron chi connectivity index (χ0n) is 11.5. The summed E-state index contributed by atoms with van der Waals surface area (Å²) in [6.07, 6.45) is 9.07. The van der Waals surface area contributed by atoms with Crippen LogP contribution in [0.4, 0.5) is 5.69 Å². The Balaban J connectivity index is 1.99. The van der Waals surface area contributed by atoms with E-state index in [4.69, 9.17) is 5.73 Å². The number of anilines is 1. The predicted molar refractivity (Wildman–Crippen MR) is 76.9 cm³/mol. The molecule has 0 spiro atoms. The molecule has 0 amide bonds. The minimum absolute atomic E-state index is 0.699. The standard InChI is InChI=1S/C14H16N6/c1-10-11(7-19(2)18-10)8-20-9-17-6-14(20)12-5-16-4-3-13(12)15/h3-7,9H,8H2,1-2H3,(H2,15,16). The maximum absolute atomic E-state index is 6.01. The molecule has 3 rings (SSSR count). The molecular weight excluding hydrogens is 252 g/mol. The molecule has 0 saturated heterocycles. The molecule has 6 heteroatoms. The Morgan fingerprint density at radius 2 is 2.10 bits per heavy atom. The Morgan fingerprint density at radius 1 is 1.25 bits per heavy atom. The summed E-state index contributed by atoms with van der Waals surface area (Å²) in [6, 6.07) is 1.79. The van der Waals surface area contributed by atoms with Crippen molar-refractivity contribution in [3.63, 3.8) is 0 Å². The molecule has 20 heavy (non-hydrogen) atoms. The molecule has 0 aliphatic carbocycles. The number of hydrogen-bond acceptors (Lipinski definition) is 4. The van der Waals surface area contributed by atoms with Gasteiger partial charge in [-0.3, -0.25) is 9.67 Å². The number of hydrogen-bond donors (Lipinski definition) is 1. The Kier molecular flexibility index (Phi) is 2.98. The van der Waals surface area contributed by atoms with Gasteiger partial charge in [0.15, 0.2) is 0 Å². The van der Waals surface area contributed by atoms with E-state index >= 15 is 0 Å². The van der Waals surface area contributed by atoms with E-state index in [-0.39, 0.29) is 0 Å². The summed E-state index contributed by atoms with van der Waals surface area (Å²) in [4.78, 5) is 8.36. The van der Waals surface area contributed by atoms with Gasteiger partial charge in [0.1, 0.15) is 0 Å². The lowest BCUT2D eigenvalue weighted by Gasteiger charge is -2.09. The lowest BCUT2D eigenvalue weighted by Crippen LogP contribution is -2.02. The van der Waals surface area contributed by atoms with Crippen LogP contribution in [-0.4, -0.2) is 24.3 Å². The van der Waals surface area contributed by atoms with Gasteiger partial charge < -0.3 is 10.3 Å². The number of aromatic nitrogens is 5. The molecule has 3 heterocycles. The van der Waals surface area contributed by atoms with Gasteiger partial charge in [0.2, 0.25) is 0 Å². The van der Waals surface area contributed by atoms with Crippen LogP contribution in [0.15, 0.2) is 37.2 Å². The smallest absolute Gasteiger partial charge is 0.0954 e. The second kappa shape index (κ2) is 4.80. The van der Waals surface area contributed by atoms with Crippen molar-refractivity contribution in [1.82, 2.24) is 24.3 Å². The van der Waals surface area contributed by atoms with Crippen LogP contribution >= 0.6 is 0 Å². The van der Waals surface area contributed by atoms with E-state index in [1.54, 1.807) is 31.0 Å². The highest BCUT2D eigenvalue weighted by molar-refractivity contribution is 5.72. The molecule has 0 unspecified atom stereocenters. The van der Waals surface area contributed by atoms with E-state index in [9.17, 15) is 0 Å². The van der Waals surface area contributed by atoms with Crippen LogP contribution in [0.3, 0.4) is 0 Å².